The third-order valence-corrected chi connectivity index (χ3v) is 5.44. The lowest BCUT2D eigenvalue weighted by Gasteiger charge is -2.22. The fourth-order valence-electron chi connectivity index (χ4n) is 2.28. The molecule has 1 atom stereocenters. The zero-order chi connectivity index (χ0) is 18.7. The lowest BCUT2D eigenvalue weighted by Crippen LogP contribution is -2.41. The van der Waals surface area contributed by atoms with E-state index in [0.29, 0.717) is 26.6 Å². The van der Waals surface area contributed by atoms with Crippen molar-refractivity contribution in [3.8, 4) is 0 Å². The molecule has 0 aliphatic carbocycles. The quantitative estimate of drug-likeness (QED) is 0.783. The van der Waals surface area contributed by atoms with Crippen LogP contribution in [-0.2, 0) is 9.59 Å². The Hall–Kier alpha value is -2.02. The molecule has 2 N–H and O–H groups in total. The van der Waals surface area contributed by atoms with E-state index in [1.807, 2.05) is 31.2 Å². The van der Waals surface area contributed by atoms with Gasteiger partial charge in [0, 0.05) is 12.1 Å². The number of rotatable bonds is 3. The number of carbonyl (C=O) groups excluding carboxylic acids is 2. The van der Waals surface area contributed by atoms with Crippen molar-refractivity contribution in [2.45, 2.75) is 18.6 Å². The van der Waals surface area contributed by atoms with Crippen LogP contribution >= 0.6 is 35.0 Å². The van der Waals surface area contributed by atoms with E-state index in [2.05, 4.69) is 15.6 Å². The first-order chi connectivity index (χ1) is 12.4. The van der Waals surface area contributed by atoms with Crippen molar-refractivity contribution in [2.24, 2.45) is 4.99 Å². The molecule has 2 aromatic rings. The van der Waals surface area contributed by atoms with Crippen LogP contribution < -0.4 is 10.6 Å². The largest absolute Gasteiger partial charge is 0.325 e. The Kier molecular flexibility index (Phi) is 5.86. The number of anilines is 1. The van der Waals surface area contributed by atoms with Crippen LogP contribution in [0.5, 0.6) is 0 Å². The van der Waals surface area contributed by atoms with E-state index >= 15 is 0 Å². The lowest BCUT2D eigenvalue weighted by molar-refractivity contribution is -0.123. The van der Waals surface area contributed by atoms with Crippen molar-refractivity contribution in [1.29, 1.82) is 0 Å². The van der Waals surface area contributed by atoms with Crippen LogP contribution in [0.15, 0.2) is 47.5 Å². The Bertz CT molecular complexity index is 885. The summed E-state index contributed by atoms with van der Waals surface area (Å²) in [6.45, 7) is 1.98. The molecule has 2 amide bonds. The van der Waals surface area contributed by atoms with Gasteiger partial charge in [0.1, 0.15) is 5.25 Å². The first-order valence-corrected chi connectivity index (χ1v) is 9.42. The molecule has 1 fully saturated rings. The summed E-state index contributed by atoms with van der Waals surface area (Å²) < 4.78 is 0. The van der Waals surface area contributed by atoms with Gasteiger partial charge in [0.25, 0.3) is 0 Å². The molecule has 5 nitrogen and oxygen atoms in total. The predicted octanol–water partition coefficient (Wildman–Crippen LogP) is 4.55. The summed E-state index contributed by atoms with van der Waals surface area (Å²) in [5.74, 6) is -0.538. The Balaban J connectivity index is 1.72. The second kappa shape index (κ2) is 8.12. The Morgan fingerprint density at radius 2 is 1.92 bits per heavy atom. The monoisotopic (exact) mass is 407 g/mol. The highest BCUT2D eigenvalue weighted by molar-refractivity contribution is 8.15. The van der Waals surface area contributed by atoms with Crippen molar-refractivity contribution >= 4 is 63.3 Å². The molecule has 0 saturated carbocycles. The summed E-state index contributed by atoms with van der Waals surface area (Å²) >= 11 is 13.0. The van der Waals surface area contributed by atoms with Gasteiger partial charge in [-0.2, -0.15) is 0 Å². The van der Waals surface area contributed by atoms with E-state index in [0.717, 1.165) is 5.56 Å². The van der Waals surface area contributed by atoms with E-state index in [1.165, 1.54) is 11.8 Å². The average Bonchev–Trinajstić information content (AvgIpc) is 2.60. The first kappa shape index (κ1) is 18.8. The smallest absolute Gasteiger partial charge is 0.238 e. The summed E-state index contributed by atoms with van der Waals surface area (Å²) in [5.41, 5.74) is 2.35. The Morgan fingerprint density at radius 3 is 2.62 bits per heavy atom. The summed E-state index contributed by atoms with van der Waals surface area (Å²) in [4.78, 5) is 28.9. The highest BCUT2D eigenvalue weighted by atomic mass is 35.5. The zero-order valence-electron chi connectivity index (χ0n) is 13.8. The van der Waals surface area contributed by atoms with Crippen LogP contribution in [0.4, 0.5) is 11.4 Å². The number of nitrogens with one attached hydrogen (secondary N) is 2. The molecule has 1 heterocycles. The average molecular weight is 408 g/mol. The minimum atomic E-state index is -0.581. The van der Waals surface area contributed by atoms with Crippen molar-refractivity contribution in [1.82, 2.24) is 5.32 Å². The van der Waals surface area contributed by atoms with E-state index in [-0.39, 0.29) is 18.2 Å². The molecule has 1 saturated heterocycles. The molecule has 1 aliphatic heterocycles. The van der Waals surface area contributed by atoms with Gasteiger partial charge in [-0.05, 0) is 37.3 Å². The Labute approximate surface area is 165 Å². The molecular formula is C18H15Cl2N3O2S. The van der Waals surface area contributed by atoms with Gasteiger partial charge in [0.15, 0.2) is 5.17 Å². The van der Waals surface area contributed by atoms with Crippen LogP contribution in [-0.4, -0.2) is 22.2 Å². The maximum Gasteiger partial charge on any atom is 0.238 e. The Morgan fingerprint density at radius 1 is 1.19 bits per heavy atom. The molecule has 1 aliphatic rings. The first-order valence-electron chi connectivity index (χ1n) is 7.78. The van der Waals surface area contributed by atoms with Crippen LogP contribution in [0.25, 0.3) is 0 Å². The van der Waals surface area contributed by atoms with Crippen LogP contribution in [0.3, 0.4) is 0 Å². The molecule has 0 spiro atoms. The summed E-state index contributed by atoms with van der Waals surface area (Å²) in [6.07, 6.45) is 0.0741. The second-order valence-corrected chi connectivity index (χ2v) is 7.74. The summed E-state index contributed by atoms with van der Waals surface area (Å²) in [6, 6.07) is 12.4. The molecule has 8 heteroatoms. The number of benzene rings is 2. The normalized spacial score (nSPS) is 18.5. The van der Waals surface area contributed by atoms with Gasteiger partial charge in [-0.15, -0.1) is 0 Å². The molecule has 0 aromatic heterocycles. The predicted molar refractivity (Wildman–Crippen MR) is 108 cm³/mol. The van der Waals surface area contributed by atoms with Crippen molar-refractivity contribution < 1.29 is 9.59 Å². The SMILES string of the molecule is Cc1ccc(N=C2NC(=O)CC(C(=O)Nc3ccc(Cl)c(Cl)c3)S2)cc1. The van der Waals surface area contributed by atoms with E-state index < -0.39 is 5.25 Å². The number of aryl methyl sites for hydroxylation is 1. The number of thioether (sulfide) groups is 1. The van der Waals surface area contributed by atoms with Crippen LogP contribution in [0.1, 0.15) is 12.0 Å². The molecule has 134 valence electrons. The topological polar surface area (TPSA) is 70.6 Å². The number of halogens is 2. The molecule has 3 rings (SSSR count). The van der Waals surface area contributed by atoms with Gasteiger partial charge in [0.05, 0.1) is 15.7 Å². The van der Waals surface area contributed by atoms with Gasteiger partial charge in [-0.3, -0.25) is 9.59 Å². The lowest BCUT2D eigenvalue weighted by atomic mass is 10.2. The summed E-state index contributed by atoms with van der Waals surface area (Å²) in [5, 5.41) is 6.03. The third-order valence-electron chi connectivity index (χ3n) is 3.62. The van der Waals surface area contributed by atoms with Crippen LogP contribution in [0.2, 0.25) is 10.0 Å². The molecule has 2 aromatic carbocycles. The van der Waals surface area contributed by atoms with Gasteiger partial charge in [-0.1, -0.05) is 52.7 Å². The third kappa shape index (κ3) is 4.78. The number of carbonyl (C=O) groups is 2. The maximum absolute atomic E-state index is 12.5. The van der Waals surface area contributed by atoms with Crippen molar-refractivity contribution in [2.75, 3.05) is 5.32 Å². The number of nitrogens with zero attached hydrogens (tertiary/aromatic N) is 1. The fraction of sp³-hybridized carbons (Fsp3) is 0.167. The molecule has 26 heavy (non-hydrogen) atoms. The number of amides is 2. The number of amidine groups is 1. The van der Waals surface area contributed by atoms with Gasteiger partial charge in [0.2, 0.25) is 11.8 Å². The standard InChI is InChI=1S/C18H15Cl2N3O2S/c1-10-2-4-11(5-3-10)22-18-23-16(24)9-15(26-18)17(25)21-12-6-7-13(19)14(20)8-12/h2-8,15H,9H2,1H3,(H,21,25)(H,22,23,24). The highest BCUT2D eigenvalue weighted by Crippen LogP contribution is 2.27. The minimum absolute atomic E-state index is 0.0741. The van der Waals surface area contributed by atoms with Gasteiger partial charge < -0.3 is 10.6 Å². The molecule has 1 unspecified atom stereocenters. The van der Waals surface area contributed by atoms with Crippen LogP contribution in [0, 0.1) is 6.92 Å². The van der Waals surface area contributed by atoms with Crippen molar-refractivity contribution in [3.63, 3.8) is 0 Å². The maximum atomic E-state index is 12.5. The minimum Gasteiger partial charge on any atom is -0.325 e. The molecular weight excluding hydrogens is 393 g/mol. The highest BCUT2D eigenvalue weighted by Gasteiger charge is 2.30. The summed E-state index contributed by atoms with van der Waals surface area (Å²) in [7, 11) is 0. The van der Waals surface area contributed by atoms with E-state index in [9.17, 15) is 9.59 Å². The van der Waals surface area contributed by atoms with Gasteiger partial charge in [-0.25, -0.2) is 4.99 Å². The number of aliphatic imine (C=N–C) groups is 1. The zero-order valence-corrected chi connectivity index (χ0v) is 16.1. The number of hydrogen-bond acceptors (Lipinski definition) is 4. The van der Waals surface area contributed by atoms with E-state index in [1.54, 1.807) is 18.2 Å². The molecule has 0 radical (unpaired) electrons. The fourth-order valence-corrected chi connectivity index (χ4v) is 3.58. The second-order valence-electron chi connectivity index (χ2n) is 5.73. The number of hydrogen-bond donors (Lipinski definition) is 2. The van der Waals surface area contributed by atoms with E-state index in [4.69, 9.17) is 23.2 Å². The molecule has 0 bridgehead atoms. The van der Waals surface area contributed by atoms with Crippen molar-refractivity contribution in [3.05, 3.63) is 58.1 Å². The van der Waals surface area contributed by atoms with Gasteiger partial charge >= 0.3 is 0 Å².